The Morgan fingerprint density at radius 1 is 1.18 bits per heavy atom. The molecule has 0 fully saturated rings. The van der Waals surface area contributed by atoms with Gasteiger partial charge in [0.1, 0.15) is 5.60 Å². The lowest BCUT2D eigenvalue weighted by molar-refractivity contribution is -0.115. The molecule has 0 atom stereocenters. The van der Waals surface area contributed by atoms with Crippen molar-refractivity contribution >= 4 is 23.4 Å². The number of carbonyl (C=O) groups is 2. The van der Waals surface area contributed by atoms with E-state index in [1.54, 1.807) is 32.9 Å². The van der Waals surface area contributed by atoms with Crippen LogP contribution in [0.15, 0.2) is 36.4 Å². The molecule has 2 amide bonds. The zero-order chi connectivity index (χ0) is 20.5. The van der Waals surface area contributed by atoms with E-state index in [2.05, 4.69) is 5.32 Å². The van der Waals surface area contributed by atoms with E-state index in [1.807, 2.05) is 6.07 Å². The van der Waals surface area contributed by atoms with Crippen molar-refractivity contribution < 1.29 is 23.1 Å². The molecule has 0 saturated heterocycles. The van der Waals surface area contributed by atoms with Crippen molar-refractivity contribution in [2.24, 2.45) is 0 Å². The monoisotopic (exact) mass is 388 g/mol. The molecule has 0 unspecified atom stereocenters. The molecule has 1 N–H and O–H groups in total. The second kappa shape index (κ2) is 7.58. The van der Waals surface area contributed by atoms with Gasteiger partial charge in [0.05, 0.1) is 12.1 Å². The quantitative estimate of drug-likeness (QED) is 0.846. The molecule has 5 nitrogen and oxygen atoms in total. The molecule has 2 aromatic rings. The lowest BCUT2D eigenvalue weighted by Crippen LogP contribution is -2.35. The number of hydrogen-bond acceptors (Lipinski definition) is 3. The van der Waals surface area contributed by atoms with Crippen LogP contribution >= 0.6 is 0 Å². The standard InChI is InChI=1S/C21H22F2N2O3/c1-21(2,3)28-20(27)25-10-9-13-7-8-15(12-17(13)25)24-18(26)11-14-5-4-6-16(22)19(14)23/h4-8,12H,9-11H2,1-3H3,(H,24,26). The number of fused-ring (bicyclic) bond motifs is 1. The predicted molar refractivity (Wildman–Crippen MR) is 102 cm³/mol. The van der Waals surface area contributed by atoms with E-state index in [0.717, 1.165) is 11.6 Å². The van der Waals surface area contributed by atoms with Crippen LogP contribution in [0.2, 0.25) is 0 Å². The highest BCUT2D eigenvalue weighted by Gasteiger charge is 2.29. The lowest BCUT2D eigenvalue weighted by atomic mass is 10.1. The summed E-state index contributed by atoms with van der Waals surface area (Å²) in [5, 5.41) is 2.67. The number of hydrogen-bond donors (Lipinski definition) is 1. The van der Waals surface area contributed by atoms with Gasteiger partial charge >= 0.3 is 6.09 Å². The first-order valence-electron chi connectivity index (χ1n) is 9.00. The molecule has 0 bridgehead atoms. The highest BCUT2D eigenvalue weighted by Crippen LogP contribution is 2.32. The van der Waals surface area contributed by atoms with Crippen LogP contribution in [-0.2, 0) is 22.4 Å². The number of nitrogens with zero attached hydrogens (tertiary/aromatic N) is 1. The zero-order valence-electron chi connectivity index (χ0n) is 16.0. The first kappa shape index (κ1) is 19.8. The number of carbonyl (C=O) groups excluding carboxylic acids is 2. The first-order chi connectivity index (χ1) is 13.1. The summed E-state index contributed by atoms with van der Waals surface area (Å²) >= 11 is 0. The molecule has 0 radical (unpaired) electrons. The summed E-state index contributed by atoms with van der Waals surface area (Å²) in [7, 11) is 0. The number of ether oxygens (including phenoxy) is 1. The van der Waals surface area contributed by atoms with Gasteiger partial charge in [-0.25, -0.2) is 13.6 Å². The summed E-state index contributed by atoms with van der Waals surface area (Å²) in [6.45, 7) is 5.88. The number of rotatable bonds is 3. The molecule has 2 aromatic carbocycles. The van der Waals surface area contributed by atoms with E-state index in [9.17, 15) is 18.4 Å². The maximum absolute atomic E-state index is 13.7. The topological polar surface area (TPSA) is 58.6 Å². The summed E-state index contributed by atoms with van der Waals surface area (Å²) < 4.78 is 32.5. The predicted octanol–water partition coefficient (Wildman–Crippen LogP) is 4.44. The summed E-state index contributed by atoms with van der Waals surface area (Å²) in [6, 6.07) is 8.96. The van der Waals surface area contributed by atoms with Gasteiger partial charge in [0.15, 0.2) is 11.6 Å². The summed E-state index contributed by atoms with van der Waals surface area (Å²) in [4.78, 5) is 26.2. The highest BCUT2D eigenvalue weighted by atomic mass is 19.2. The van der Waals surface area contributed by atoms with E-state index in [0.29, 0.717) is 24.3 Å². The molecular weight excluding hydrogens is 366 g/mol. The normalized spacial score (nSPS) is 13.2. The second-order valence-corrected chi connectivity index (χ2v) is 7.66. The van der Waals surface area contributed by atoms with Crippen LogP contribution in [0.3, 0.4) is 0 Å². The van der Waals surface area contributed by atoms with Crippen LogP contribution in [0, 0.1) is 11.6 Å². The Bertz CT molecular complexity index is 922. The van der Waals surface area contributed by atoms with Gasteiger partial charge < -0.3 is 10.1 Å². The average Bonchev–Trinajstić information content (AvgIpc) is 3.01. The van der Waals surface area contributed by atoms with Crippen molar-refractivity contribution in [2.45, 2.75) is 39.2 Å². The number of benzene rings is 2. The molecular formula is C21H22F2N2O3. The fourth-order valence-electron chi connectivity index (χ4n) is 3.03. The van der Waals surface area contributed by atoms with Gasteiger partial charge in [0.2, 0.25) is 5.91 Å². The van der Waals surface area contributed by atoms with E-state index >= 15 is 0 Å². The van der Waals surface area contributed by atoms with Gasteiger partial charge in [-0.1, -0.05) is 18.2 Å². The van der Waals surface area contributed by atoms with E-state index in [-0.39, 0.29) is 12.0 Å². The van der Waals surface area contributed by atoms with Crippen molar-refractivity contribution in [3.63, 3.8) is 0 Å². The van der Waals surface area contributed by atoms with Crippen molar-refractivity contribution in [3.05, 3.63) is 59.2 Å². The molecule has 1 aliphatic heterocycles. The molecule has 3 rings (SSSR count). The Morgan fingerprint density at radius 3 is 2.64 bits per heavy atom. The van der Waals surface area contributed by atoms with Gasteiger partial charge in [0.25, 0.3) is 0 Å². The Morgan fingerprint density at radius 2 is 1.93 bits per heavy atom. The summed E-state index contributed by atoms with van der Waals surface area (Å²) in [5.41, 5.74) is 1.48. The third kappa shape index (κ3) is 4.47. The molecule has 1 aliphatic rings. The third-order valence-corrected chi connectivity index (χ3v) is 4.26. The Hall–Kier alpha value is -2.96. The zero-order valence-corrected chi connectivity index (χ0v) is 16.0. The van der Waals surface area contributed by atoms with Crippen LogP contribution in [0.1, 0.15) is 31.9 Å². The Kier molecular flexibility index (Phi) is 5.36. The number of anilines is 2. The first-order valence-corrected chi connectivity index (χ1v) is 9.00. The fraction of sp³-hybridized carbons (Fsp3) is 0.333. The number of halogens is 2. The maximum Gasteiger partial charge on any atom is 0.414 e. The minimum atomic E-state index is -1.03. The van der Waals surface area contributed by atoms with Crippen molar-refractivity contribution in [2.75, 3.05) is 16.8 Å². The van der Waals surface area contributed by atoms with E-state index in [4.69, 9.17) is 4.74 Å². The van der Waals surface area contributed by atoms with Crippen molar-refractivity contribution in [1.29, 1.82) is 0 Å². The molecule has 0 saturated carbocycles. The minimum Gasteiger partial charge on any atom is -0.443 e. The molecule has 0 aliphatic carbocycles. The Balaban J connectivity index is 1.73. The molecule has 7 heteroatoms. The van der Waals surface area contributed by atoms with Gasteiger partial charge in [-0.3, -0.25) is 9.69 Å². The average molecular weight is 388 g/mol. The molecule has 28 heavy (non-hydrogen) atoms. The highest BCUT2D eigenvalue weighted by molar-refractivity contribution is 5.95. The third-order valence-electron chi connectivity index (χ3n) is 4.26. The Labute approximate surface area is 162 Å². The van der Waals surface area contributed by atoms with Gasteiger partial charge in [-0.2, -0.15) is 0 Å². The van der Waals surface area contributed by atoms with Crippen molar-refractivity contribution in [3.8, 4) is 0 Å². The smallest absolute Gasteiger partial charge is 0.414 e. The number of nitrogens with one attached hydrogen (secondary N) is 1. The maximum atomic E-state index is 13.7. The minimum absolute atomic E-state index is 0.0194. The molecule has 0 aromatic heterocycles. The van der Waals surface area contributed by atoms with Crippen LogP contribution in [-0.4, -0.2) is 24.1 Å². The fourth-order valence-corrected chi connectivity index (χ4v) is 3.03. The van der Waals surface area contributed by atoms with Crippen molar-refractivity contribution in [1.82, 2.24) is 0 Å². The lowest BCUT2D eigenvalue weighted by Gasteiger charge is -2.25. The SMILES string of the molecule is CC(C)(C)OC(=O)N1CCc2ccc(NC(=O)Cc3cccc(F)c3F)cc21. The molecule has 0 spiro atoms. The second-order valence-electron chi connectivity index (χ2n) is 7.66. The van der Waals surface area contributed by atoms with Crippen LogP contribution in [0.5, 0.6) is 0 Å². The summed E-state index contributed by atoms with van der Waals surface area (Å²) in [5.74, 6) is -2.50. The number of amides is 2. The summed E-state index contributed by atoms with van der Waals surface area (Å²) in [6.07, 6.45) is -0.0510. The van der Waals surface area contributed by atoms with Crippen LogP contribution in [0.4, 0.5) is 25.0 Å². The van der Waals surface area contributed by atoms with Gasteiger partial charge in [-0.15, -0.1) is 0 Å². The largest absolute Gasteiger partial charge is 0.443 e. The van der Waals surface area contributed by atoms with E-state index < -0.39 is 29.2 Å². The van der Waals surface area contributed by atoms with Crippen LogP contribution in [0.25, 0.3) is 0 Å². The van der Waals surface area contributed by atoms with Gasteiger partial charge in [-0.05, 0) is 51.0 Å². The van der Waals surface area contributed by atoms with E-state index in [1.165, 1.54) is 17.0 Å². The molecule has 1 heterocycles. The molecule has 148 valence electrons. The van der Waals surface area contributed by atoms with Gasteiger partial charge in [0, 0.05) is 17.8 Å². The van der Waals surface area contributed by atoms with Crippen LogP contribution < -0.4 is 10.2 Å².